The van der Waals surface area contributed by atoms with Gasteiger partial charge in [-0.05, 0) is 41.8 Å². The van der Waals surface area contributed by atoms with Crippen LogP contribution in [0.2, 0.25) is 0 Å². The third kappa shape index (κ3) is 3.07. The van der Waals surface area contributed by atoms with E-state index in [0.717, 1.165) is 16.0 Å². The van der Waals surface area contributed by atoms with E-state index in [1.54, 1.807) is 12.4 Å². The van der Waals surface area contributed by atoms with Crippen molar-refractivity contribution in [1.82, 2.24) is 4.98 Å². The third-order valence-electron chi connectivity index (χ3n) is 2.47. The Balaban J connectivity index is 2.33. The molecule has 17 heavy (non-hydrogen) atoms. The van der Waals surface area contributed by atoms with E-state index >= 15 is 0 Å². The molecule has 0 spiro atoms. The molecule has 1 aromatic carbocycles. The molecule has 1 heterocycles. The lowest BCUT2D eigenvalue weighted by atomic mass is 10.0. The van der Waals surface area contributed by atoms with Crippen molar-refractivity contribution in [2.75, 3.05) is 0 Å². The van der Waals surface area contributed by atoms with Crippen LogP contribution in [0.15, 0.2) is 47.2 Å². The summed E-state index contributed by atoms with van der Waals surface area (Å²) in [5, 5.41) is 0. The van der Waals surface area contributed by atoms with E-state index in [9.17, 15) is 0 Å². The zero-order valence-electron chi connectivity index (χ0n) is 9.85. The van der Waals surface area contributed by atoms with Gasteiger partial charge < -0.3 is 4.74 Å². The van der Waals surface area contributed by atoms with Gasteiger partial charge in [0.2, 0.25) is 0 Å². The Morgan fingerprint density at radius 1 is 1.12 bits per heavy atom. The summed E-state index contributed by atoms with van der Waals surface area (Å²) in [6, 6.07) is 9.78. The summed E-state index contributed by atoms with van der Waals surface area (Å²) in [6.07, 6.45) is 3.45. The molecule has 0 aliphatic rings. The Morgan fingerprint density at radius 3 is 2.47 bits per heavy atom. The number of hydrogen-bond donors (Lipinski definition) is 0. The van der Waals surface area contributed by atoms with Crippen molar-refractivity contribution in [1.29, 1.82) is 0 Å². The van der Waals surface area contributed by atoms with E-state index in [-0.39, 0.29) is 0 Å². The maximum Gasteiger partial charge on any atom is 0.130 e. The predicted molar refractivity (Wildman–Crippen MR) is 72.5 cm³/mol. The zero-order valence-corrected chi connectivity index (χ0v) is 11.4. The second kappa shape index (κ2) is 5.32. The SMILES string of the molecule is CC(C)c1cc(Br)ccc1Oc1ccncc1. The Kier molecular flexibility index (Phi) is 3.79. The molecular formula is C14H14BrNO. The fourth-order valence-electron chi connectivity index (χ4n) is 1.60. The highest BCUT2D eigenvalue weighted by Gasteiger charge is 2.09. The van der Waals surface area contributed by atoms with Gasteiger partial charge >= 0.3 is 0 Å². The monoisotopic (exact) mass is 291 g/mol. The lowest BCUT2D eigenvalue weighted by molar-refractivity contribution is 0.472. The molecule has 2 aromatic rings. The normalized spacial score (nSPS) is 10.6. The summed E-state index contributed by atoms with van der Waals surface area (Å²) >= 11 is 3.48. The average Bonchev–Trinajstić information content (AvgIpc) is 2.32. The lowest BCUT2D eigenvalue weighted by Crippen LogP contribution is -1.94. The molecule has 0 atom stereocenters. The van der Waals surface area contributed by atoms with E-state index in [1.165, 1.54) is 5.56 Å². The Labute approximate surface area is 110 Å². The molecule has 2 nitrogen and oxygen atoms in total. The van der Waals surface area contributed by atoms with Gasteiger partial charge in [0.15, 0.2) is 0 Å². The number of halogens is 1. The maximum atomic E-state index is 5.86. The molecule has 0 radical (unpaired) electrons. The van der Waals surface area contributed by atoms with Crippen LogP contribution in [-0.4, -0.2) is 4.98 Å². The van der Waals surface area contributed by atoms with Gasteiger partial charge in [-0.25, -0.2) is 0 Å². The van der Waals surface area contributed by atoms with Crippen LogP contribution in [0.3, 0.4) is 0 Å². The van der Waals surface area contributed by atoms with Gasteiger partial charge in [-0.15, -0.1) is 0 Å². The minimum Gasteiger partial charge on any atom is -0.457 e. The van der Waals surface area contributed by atoms with Gasteiger partial charge in [-0.2, -0.15) is 0 Å². The first-order valence-electron chi connectivity index (χ1n) is 5.54. The van der Waals surface area contributed by atoms with Crippen LogP contribution in [0.5, 0.6) is 11.5 Å². The van der Waals surface area contributed by atoms with Gasteiger partial charge in [0.1, 0.15) is 11.5 Å². The molecule has 1 aromatic heterocycles. The highest BCUT2D eigenvalue weighted by Crippen LogP contribution is 2.32. The molecule has 0 saturated carbocycles. The van der Waals surface area contributed by atoms with Crippen LogP contribution < -0.4 is 4.74 Å². The number of rotatable bonds is 3. The number of ether oxygens (including phenoxy) is 1. The first-order valence-corrected chi connectivity index (χ1v) is 6.33. The van der Waals surface area contributed by atoms with Crippen molar-refractivity contribution >= 4 is 15.9 Å². The molecule has 3 heteroatoms. The fourth-order valence-corrected chi connectivity index (χ4v) is 1.98. The van der Waals surface area contributed by atoms with Crippen molar-refractivity contribution in [3.63, 3.8) is 0 Å². The number of aromatic nitrogens is 1. The summed E-state index contributed by atoms with van der Waals surface area (Å²) in [4.78, 5) is 3.97. The van der Waals surface area contributed by atoms with Gasteiger partial charge in [0, 0.05) is 16.9 Å². The zero-order chi connectivity index (χ0) is 12.3. The average molecular weight is 292 g/mol. The molecule has 0 saturated heterocycles. The number of pyridine rings is 1. The lowest BCUT2D eigenvalue weighted by Gasteiger charge is -2.14. The largest absolute Gasteiger partial charge is 0.457 e. The molecule has 0 N–H and O–H groups in total. The predicted octanol–water partition coefficient (Wildman–Crippen LogP) is 4.76. The highest BCUT2D eigenvalue weighted by atomic mass is 79.9. The Bertz CT molecular complexity index is 497. The second-order valence-electron chi connectivity index (χ2n) is 4.12. The Hall–Kier alpha value is -1.35. The highest BCUT2D eigenvalue weighted by molar-refractivity contribution is 9.10. The van der Waals surface area contributed by atoms with Gasteiger partial charge in [-0.3, -0.25) is 4.98 Å². The standard InChI is InChI=1S/C14H14BrNO/c1-10(2)13-9-11(15)3-4-14(13)17-12-5-7-16-8-6-12/h3-10H,1-2H3. The van der Waals surface area contributed by atoms with Crippen molar-refractivity contribution < 1.29 is 4.74 Å². The van der Waals surface area contributed by atoms with E-state index < -0.39 is 0 Å². The molecular weight excluding hydrogens is 278 g/mol. The van der Waals surface area contributed by atoms with Crippen LogP contribution >= 0.6 is 15.9 Å². The number of nitrogens with zero attached hydrogens (tertiary/aromatic N) is 1. The molecule has 0 unspecified atom stereocenters. The van der Waals surface area contributed by atoms with Crippen LogP contribution in [0, 0.1) is 0 Å². The molecule has 0 amide bonds. The summed E-state index contributed by atoms with van der Waals surface area (Å²) in [5.41, 5.74) is 1.19. The van der Waals surface area contributed by atoms with Crippen LogP contribution in [0.25, 0.3) is 0 Å². The van der Waals surface area contributed by atoms with Crippen LogP contribution in [0.1, 0.15) is 25.3 Å². The number of benzene rings is 1. The molecule has 88 valence electrons. The van der Waals surface area contributed by atoms with Crippen molar-refractivity contribution in [3.05, 3.63) is 52.8 Å². The first-order chi connectivity index (χ1) is 8.16. The van der Waals surface area contributed by atoms with E-state index in [1.807, 2.05) is 24.3 Å². The smallest absolute Gasteiger partial charge is 0.130 e. The van der Waals surface area contributed by atoms with E-state index in [0.29, 0.717) is 5.92 Å². The molecule has 2 rings (SSSR count). The van der Waals surface area contributed by atoms with Crippen LogP contribution in [0.4, 0.5) is 0 Å². The minimum atomic E-state index is 0.421. The third-order valence-corrected chi connectivity index (χ3v) is 2.96. The molecule has 0 fully saturated rings. The van der Waals surface area contributed by atoms with Crippen molar-refractivity contribution in [2.45, 2.75) is 19.8 Å². The topological polar surface area (TPSA) is 22.1 Å². The van der Waals surface area contributed by atoms with Crippen molar-refractivity contribution in [3.8, 4) is 11.5 Å². The Morgan fingerprint density at radius 2 is 1.82 bits per heavy atom. The number of hydrogen-bond acceptors (Lipinski definition) is 2. The van der Waals surface area contributed by atoms with Crippen LogP contribution in [-0.2, 0) is 0 Å². The summed E-state index contributed by atoms with van der Waals surface area (Å²) < 4.78 is 6.94. The van der Waals surface area contributed by atoms with E-state index in [2.05, 4.69) is 40.8 Å². The minimum absolute atomic E-state index is 0.421. The molecule has 0 aliphatic carbocycles. The summed E-state index contributed by atoms with van der Waals surface area (Å²) in [6.45, 7) is 4.31. The molecule has 0 bridgehead atoms. The van der Waals surface area contributed by atoms with Gasteiger partial charge in [-0.1, -0.05) is 29.8 Å². The van der Waals surface area contributed by atoms with Crippen molar-refractivity contribution in [2.24, 2.45) is 0 Å². The van der Waals surface area contributed by atoms with Gasteiger partial charge in [0.05, 0.1) is 0 Å². The van der Waals surface area contributed by atoms with E-state index in [4.69, 9.17) is 4.74 Å². The maximum absolute atomic E-state index is 5.86. The summed E-state index contributed by atoms with van der Waals surface area (Å²) in [7, 11) is 0. The molecule has 0 aliphatic heterocycles. The quantitative estimate of drug-likeness (QED) is 0.813. The second-order valence-corrected chi connectivity index (χ2v) is 5.04. The first kappa shape index (κ1) is 12.1. The summed E-state index contributed by atoms with van der Waals surface area (Å²) in [5.74, 6) is 2.13. The fraction of sp³-hybridized carbons (Fsp3) is 0.214. The van der Waals surface area contributed by atoms with Gasteiger partial charge in [0.25, 0.3) is 0 Å².